The maximum Gasteiger partial charge on any atom is 0.0716 e. The molecule has 2 aromatic carbocycles. The summed E-state index contributed by atoms with van der Waals surface area (Å²) in [7, 11) is 0. The quantitative estimate of drug-likeness (QED) is 0.466. The van der Waals surface area contributed by atoms with E-state index in [9.17, 15) is 0 Å². The third-order valence-electron chi connectivity index (χ3n) is 3.79. The first-order chi connectivity index (χ1) is 10.3. The van der Waals surface area contributed by atoms with Crippen molar-refractivity contribution in [3.63, 3.8) is 0 Å². The van der Waals surface area contributed by atoms with Crippen molar-refractivity contribution in [1.82, 2.24) is 9.97 Å². The Balaban J connectivity index is 2.24. The minimum absolute atomic E-state index is 1.02. The molecule has 0 aliphatic carbocycles. The third kappa shape index (κ3) is 1.96. The van der Waals surface area contributed by atoms with Gasteiger partial charge in [-0.2, -0.15) is 0 Å². The van der Waals surface area contributed by atoms with Gasteiger partial charge in [0.25, 0.3) is 0 Å². The van der Waals surface area contributed by atoms with Crippen LogP contribution in [0.4, 0.5) is 0 Å². The Kier molecular flexibility index (Phi) is 2.68. The first kappa shape index (κ1) is 12.0. The predicted octanol–water partition coefficient (Wildman–Crippen LogP) is 4.76. The number of fused-ring (bicyclic) bond motifs is 2. The van der Waals surface area contributed by atoms with Gasteiger partial charge in [0.1, 0.15) is 0 Å². The van der Waals surface area contributed by atoms with Crippen molar-refractivity contribution < 1.29 is 0 Å². The van der Waals surface area contributed by atoms with Gasteiger partial charge in [-0.15, -0.1) is 0 Å². The van der Waals surface area contributed by atoms with Crippen molar-refractivity contribution in [1.29, 1.82) is 0 Å². The summed E-state index contributed by atoms with van der Waals surface area (Å²) in [6.45, 7) is 2.11. The number of hydrogen-bond donors (Lipinski definition) is 0. The van der Waals surface area contributed by atoms with Gasteiger partial charge in [-0.3, -0.25) is 4.98 Å². The largest absolute Gasteiger partial charge is 0.264 e. The number of para-hydroxylation sites is 1. The smallest absolute Gasteiger partial charge is 0.0716 e. The lowest BCUT2D eigenvalue weighted by Crippen LogP contribution is -1.90. The van der Waals surface area contributed by atoms with Crippen LogP contribution in [-0.4, -0.2) is 9.97 Å². The van der Waals surface area contributed by atoms with E-state index >= 15 is 0 Å². The van der Waals surface area contributed by atoms with Gasteiger partial charge in [0, 0.05) is 34.3 Å². The average Bonchev–Trinajstić information content (AvgIpc) is 2.53. The van der Waals surface area contributed by atoms with Crippen LogP contribution in [0.25, 0.3) is 32.9 Å². The summed E-state index contributed by atoms with van der Waals surface area (Å²) < 4.78 is 0. The molecule has 0 spiro atoms. The topological polar surface area (TPSA) is 25.8 Å². The minimum Gasteiger partial charge on any atom is -0.264 e. The molecule has 0 saturated heterocycles. The molecule has 21 heavy (non-hydrogen) atoms. The molecule has 0 atom stereocenters. The average molecular weight is 270 g/mol. The molecular weight excluding hydrogens is 256 g/mol. The number of rotatable bonds is 1. The predicted molar refractivity (Wildman–Crippen MR) is 87.2 cm³/mol. The Bertz CT molecular complexity index is 943. The number of pyridine rings is 2. The summed E-state index contributed by atoms with van der Waals surface area (Å²) in [5.74, 6) is 0. The molecule has 2 heteroatoms. The molecule has 100 valence electrons. The minimum atomic E-state index is 1.02. The molecule has 0 N–H and O–H groups in total. The molecule has 0 unspecified atom stereocenters. The second-order valence-electron chi connectivity index (χ2n) is 5.27. The standard InChI is InChI=1S/C19H14N2/c1-13-8-9-18-16(11-13)19(14-5-4-10-20-12-14)15-6-2-3-7-17(15)21-18/h2-12H,1H3. The van der Waals surface area contributed by atoms with Gasteiger partial charge in [-0.25, -0.2) is 4.98 Å². The molecule has 0 aliphatic heterocycles. The van der Waals surface area contributed by atoms with Crippen molar-refractivity contribution in [3.05, 3.63) is 72.6 Å². The van der Waals surface area contributed by atoms with Crippen LogP contribution in [0.3, 0.4) is 0 Å². The maximum atomic E-state index is 4.78. The molecular formula is C19H14N2. The van der Waals surface area contributed by atoms with Crippen LogP contribution in [0.5, 0.6) is 0 Å². The Morgan fingerprint density at radius 1 is 0.810 bits per heavy atom. The van der Waals surface area contributed by atoms with Gasteiger partial charge in [-0.1, -0.05) is 35.9 Å². The molecule has 2 aromatic heterocycles. The first-order valence-corrected chi connectivity index (χ1v) is 7.02. The van der Waals surface area contributed by atoms with E-state index in [2.05, 4.69) is 54.4 Å². The van der Waals surface area contributed by atoms with Crippen LogP contribution in [0, 0.1) is 6.92 Å². The van der Waals surface area contributed by atoms with Gasteiger partial charge in [0.2, 0.25) is 0 Å². The summed E-state index contributed by atoms with van der Waals surface area (Å²) in [6, 6.07) is 18.8. The number of aryl methyl sites for hydroxylation is 1. The second-order valence-corrected chi connectivity index (χ2v) is 5.27. The van der Waals surface area contributed by atoms with E-state index in [-0.39, 0.29) is 0 Å². The first-order valence-electron chi connectivity index (χ1n) is 7.02. The summed E-state index contributed by atoms with van der Waals surface area (Å²) in [6.07, 6.45) is 3.73. The molecule has 4 rings (SSSR count). The molecule has 0 aliphatic rings. The van der Waals surface area contributed by atoms with Crippen molar-refractivity contribution in [2.75, 3.05) is 0 Å². The van der Waals surface area contributed by atoms with Crippen molar-refractivity contribution in [2.24, 2.45) is 0 Å². The highest BCUT2D eigenvalue weighted by Crippen LogP contribution is 2.34. The van der Waals surface area contributed by atoms with E-state index in [1.54, 1.807) is 6.20 Å². The second kappa shape index (κ2) is 4.67. The fraction of sp³-hybridized carbons (Fsp3) is 0.0526. The molecule has 0 radical (unpaired) electrons. The Labute approximate surface area is 123 Å². The number of nitrogens with zero attached hydrogens (tertiary/aromatic N) is 2. The highest BCUT2D eigenvalue weighted by atomic mass is 14.7. The van der Waals surface area contributed by atoms with Crippen LogP contribution in [-0.2, 0) is 0 Å². The van der Waals surface area contributed by atoms with Crippen LogP contribution in [0.2, 0.25) is 0 Å². The van der Waals surface area contributed by atoms with Crippen LogP contribution < -0.4 is 0 Å². The number of aromatic nitrogens is 2. The lowest BCUT2D eigenvalue weighted by atomic mass is 9.96. The van der Waals surface area contributed by atoms with E-state index in [0.717, 1.165) is 16.6 Å². The van der Waals surface area contributed by atoms with Gasteiger partial charge < -0.3 is 0 Å². The van der Waals surface area contributed by atoms with E-state index in [1.165, 1.54) is 21.9 Å². The SMILES string of the molecule is Cc1ccc2nc3ccccc3c(-c3cccnc3)c2c1. The highest BCUT2D eigenvalue weighted by molar-refractivity contribution is 6.09. The van der Waals surface area contributed by atoms with Crippen molar-refractivity contribution >= 4 is 21.8 Å². The molecule has 0 amide bonds. The fourth-order valence-electron chi connectivity index (χ4n) is 2.83. The summed E-state index contributed by atoms with van der Waals surface area (Å²) in [5.41, 5.74) is 5.63. The van der Waals surface area contributed by atoms with E-state index in [4.69, 9.17) is 4.98 Å². The summed E-state index contributed by atoms with van der Waals surface area (Å²) in [5, 5.41) is 2.35. The van der Waals surface area contributed by atoms with Crippen LogP contribution in [0.15, 0.2) is 67.0 Å². The summed E-state index contributed by atoms with van der Waals surface area (Å²) >= 11 is 0. The molecule has 0 fully saturated rings. The monoisotopic (exact) mass is 270 g/mol. The van der Waals surface area contributed by atoms with Crippen molar-refractivity contribution in [3.8, 4) is 11.1 Å². The van der Waals surface area contributed by atoms with Crippen molar-refractivity contribution in [2.45, 2.75) is 6.92 Å². The fourth-order valence-corrected chi connectivity index (χ4v) is 2.83. The lowest BCUT2D eigenvalue weighted by Gasteiger charge is -2.11. The normalized spacial score (nSPS) is 11.1. The number of hydrogen-bond acceptors (Lipinski definition) is 2. The zero-order chi connectivity index (χ0) is 14.2. The zero-order valence-electron chi connectivity index (χ0n) is 11.7. The van der Waals surface area contributed by atoms with Gasteiger partial charge in [-0.05, 0) is 31.2 Å². The van der Waals surface area contributed by atoms with E-state index in [1.807, 2.05) is 18.3 Å². The lowest BCUT2D eigenvalue weighted by molar-refractivity contribution is 1.33. The van der Waals surface area contributed by atoms with Crippen LogP contribution >= 0.6 is 0 Å². The van der Waals surface area contributed by atoms with E-state index < -0.39 is 0 Å². The summed E-state index contributed by atoms with van der Waals surface area (Å²) in [4.78, 5) is 9.06. The molecule has 0 bridgehead atoms. The Morgan fingerprint density at radius 3 is 2.52 bits per heavy atom. The highest BCUT2D eigenvalue weighted by Gasteiger charge is 2.11. The molecule has 0 saturated carbocycles. The number of benzene rings is 2. The van der Waals surface area contributed by atoms with Gasteiger partial charge in [0.15, 0.2) is 0 Å². The molecule has 2 heterocycles. The van der Waals surface area contributed by atoms with E-state index in [0.29, 0.717) is 0 Å². The molecule has 2 nitrogen and oxygen atoms in total. The zero-order valence-corrected chi connectivity index (χ0v) is 11.7. The van der Waals surface area contributed by atoms with Gasteiger partial charge >= 0.3 is 0 Å². The Morgan fingerprint density at radius 2 is 1.67 bits per heavy atom. The third-order valence-corrected chi connectivity index (χ3v) is 3.79. The molecule has 4 aromatic rings. The van der Waals surface area contributed by atoms with Crippen LogP contribution in [0.1, 0.15) is 5.56 Å². The van der Waals surface area contributed by atoms with Gasteiger partial charge in [0.05, 0.1) is 11.0 Å². The maximum absolute atomic E-state index is 4.78. The Hall–Kier alpha value is -2.74.